The van der Waals surface area contributed by atoms with Crippen LogP contribution in [0.4, 0.5) is 4.79 Å². The Morgan fingerprint density at radius 1 is 0.912 bits per heavy atom. The summed E-state index contributed by atoms with van der Waals surface area (Å²) >= 11 is 0. The van der Waals surface area contributed by atoms with Crippen molar-refractivity contribution in [2.75, 3.05) is 13.2 Å². The number of esters is 2. The van der Waals surface area contributed by atoms with E-state index in [1.807, 2.05) is 0 Å². The van der Waals surface area contributed by atoms with Gasteiger partial charge >= 0.3 is 18.0 Å². The lowest BCUT2D eigenvalue weighted by Gasteiger charge is -2.18. The normalized spacial score (nSPS) is 9.97. The maximum atomic E-state index is 12.3. The minimum atomic E-state index is -1.14. The Morgan fingerprint density at radius 2 is 1.35 bits per heavy atom. The van der Waals surface area contributed by atoms with Gasteiger partial charge in [-0.3, -0.25) is 20.4 Å². The van der Waals surface area contributed by atoms with Crippen LogP contribution in [0, 0.1) is 10.8 Å². The summed E-state index contributed by atoms with van der Waals surface area (Å²) in [5, 5.41) is 17.8. The molecule has 0 bridgehead atoms. The Hall–Kier alpha value is -4.41. The molecule has 0 saturated carbocycles. The van der Waals surface area contributed by atoms with Crippen LogP contribution < -0.4 is 5.32 Å². The summed E-state index contributed by atoms with van der Waals surface area (Å²) in [6.07, 6.45) is -1.48. The quantitative estimate of drug-likeness (QED) is 0.128. The van der Waals surface area contributed by atoms with Crippen LogP contribution in [0.15, 0.2) is 42.5 Å². The summed E-state index contributed by atoms with van der Waals surface area (Å²) in [6, 6.07) is 4.19. The van der Waals surface area contributed by atoms with E-state index < -0.39 is 37.3 Å². The first kappa shape index (κ1) is 27.6. The molecule has 0 unspecified atom stereocenters. The van der Waals surface area contributed by atoms with Crippen LogP contribution in [-0.4, -0.2) is 61.3 Å². The zero-order valence-electron chi connectivity index (χ0n) is 18.8. The van der Waals surface area contributed by atoms with E-state index in [2.05, 4.69) is 18.5 Å². The van der Waals surface area contributed by atoms with Crippen LogP contribution in [0.5, 0.6) is 0 Å². The van der Waals surface area contributed by atoms with Gasteiger partial charge < -0.3 is 19.5 Å². The predicted molar refractivity (Wildman–Crippen MR) is 121 cm³/mol. The Morgan fingerprint density at radius 3 is 1.74 bits per heavy atom. The van der Waals surface area contributed by atoms with Gasteiger partial charge in [-0.2, -0.15) is 0 Å². The number of benzene rings is 1. The van der Waals surface area contributed by atoms with E-state index in [9.17, 15) is 24.0 Å². The van der Waals surface area contributed by atoms with E-state index in [1.54, 1.807) is 0 Å². The molecule has 180 valence electrons. The van der Waals surface area contributed by atoms with E-state index in [4.69, 9.17) is 25.0 Å². The summed E-state index contributed by atoms with van der Waals surface area (Å²) < 4.78 is 15.1. The molecule has 1 rings (SSSR count). The molecule has 11 nitrogen and oxygen atoms in total. The molecular weight excluding hydrogens is 446 g/mol. The number of carbonyl (C=O) groups is 5. The molecule has 0 aliphatic heterocycles. The fourth-order valence-corrected chi connectivity index (χ4v) is 2.31. The van der Waals surface area contributed by atoms with Crippen LogP contribution in [0.1, 0.15) is 30.5 Å². The lowest BCUT2D eigenvalue weighted by molar-refractivity contribution is -0.147. The highest BCUT2D eigenvalue weighted by molar-refractivity contribution is 6.37. The van der Waals surface area contributed by atoms with Gasteiger partial charge in [0, 0.05) is 28.8 Å². The minimum absolute atomic E-state index is 0.125. The molecule has 11 heteroatoms. The number of rotatable bonds is 13. The number of ether oxygens (including phenoxy) is 3. The van der Waals surface area contributed by atoms with Gasteiger partial charge in [-0.1, -0.05) is 13.2 Å². The van der Waals surface area contributed by atoms with E-state index in [0.29, 0.717) is 18.1 Å². The van der Waals surface area contributed by atoms with Crippen LogP contribution in [0.25, 0.3) is 0 Å². The largest absolute Gasteiger partial charge is 0.458 e. The van der Waals surface area contributed by atoms with Crippen molar-refractivity contribution in [1.82, 2.24) is 5.32 Å². The highest BCUT2D eigenvalue weighted by Gasteiger charge is 2.20. The molecular formula is C23H25N3O8. The second-order valence-electron chi connectivity index (χ2n) is 7.12. The van der Waals surface area contributed by atoms with Gasteiger partial charge in [0.2, 0.25) is 0 Å². The van der Waals surface area contributed by atoms with Crippen molar-refractivity contribution in [2.24, 2.45) is 0 Å². The van der Waals surface area contributed by atoms with Crippen molar-refractivity contribution in [2.45, 2.75) is 26.5 Å². The molecule has 0 heterocycles. The molecule has 0 atom stereocenters. The Labute approximate surface area is 195 Å². The highest BCUT2D eigenvalue weighted by atomic mass is 16.6. The number of nitrogens with one attached hydrogen (secondary N) is 3. The van der Waals surface area contributed by atoms with Gasteiger partial charge in [0.15, 0.2) is 18.7 Å². The SMILES string of the molecule is C=C(C)C(=O)OCC(COC(=O)C(=C)C)OC(=O)NCc1cc(C(=N)C=O)cc(C(=N)C=O)c1. The third kappa shape index (κ3) is 8.99. The first-order valence-corrected chi connectivity index (χ1v) is 9.80. The van der Waals surface area contributed by atoms with Gasteiger partial charge in [0.05, 0.1) is 0 Å². The third-order valence-corrected chi connectivity index (χ3v) is 4.06. The molecule has 1 amide bonds. The zero-order valence-corrected chi connectivity index (χ0v) is 18.8. The molecule has 0 radical (unpaired) electrons. The van der Waals surface area contributed by atoms with Crippen molar-refractivity contribution >= 4 is 42.0 Å². The predicted octanol–water partition coefficient (Wildman–Crippen LogP) is 1.65. The van der Waals surface area contributed by atoms with E-state index in [0.717, 1.165) is 0 Å². The minimum Gasteiger partial charge on any atom is -0.458 e. The van der Waals surface area contributed by atoms with Gasteiger partial charge in [0.1, 0.15) is 24.6 Å². The van der Waals surface area contributed by atoms with E-state index >= 15 is 0 Å². The Balaban J connectivity index is 2.90. The summed E-state index contributed by atoms with van der Waals surface area (Å²) in [7, 11) is 0. The fraction of sp³-hybridized carbons (Fsp3) is 0.261. The van der Waals surface area contributed by atoms with Crippen molar-refractivity contribution in [3.05, 3.63) is 59.2 Å². The maximum Gasteiger partial charge on any atom is 0.407 e. The van der Waals surface area contributed by atoms with E-state index in [-0.39, 0.29) is 40.2 Å². The average molecular weight is 471 g/mol. The van der Waals surface area contributed by atoms with Crippen LogP contribution in [0.2, 0.25) is 0 Å². The van der Waals surface area contributed by atoms with Gasteiger partial charge in [-0.15, -0.1) is 0 Å². The molecule has 0 spiro atoms. The van der Waals surface area contributed by atoms with Crippen molar-refractivity contribution in [3.63, 3.8) is 0 Å². The zero-order chi connectivity index (χ0) is 25.8. The number of aldehydes is 2. The standard InChI is InChI=1S/C23H25N3O8/c1-13(2)21(29)32-11-18(12-33-22(30)14(3)4)34-23(31)26-8-15-5-16(19(24)9-27)7-17(6-15)20(25)10-28/h5-7,9-10,18,24-25H,1,3,8,11-12H2,2,4H3,(H,26,31). The Kier molecular flexibility index (Phi) is 10.7. The molecule has 0 saturated heterocycles. The maximum absolute atomic E-state index is 12.3. The number of hydrogen-bond acceptors (Lipinski definition) is 10. The average Bonchev–Trinajstić information content (AvgIpc) is 2.82. The van der Waals surface area contributed by atoms with Crippen LogP contribution >= 0.6 is 0 Å². The summed E-state index contributed by atoms with van der Waals surface area (Å²) in [6.45, 7) is 8.78. The van der Waals surface area contributed by atoms with Crippen LogP contribution in [0.3, 0.4) is 0 Å². The molecule has 34 heavy (non-hydrogen) atoms. The van der Waals surface area contributed by atoms with Crippen molar-refractivity contribution in [3.8, 4) is 0 Å². The van der Waals surface area contributed by atoms with E-state index in [1.165, 1.54) is 32.0 Å². The Bertz CT molecular complexity index is 976. The second kappa shape index (κ2) is 13.2. The number of alkyl carbamates (subject to hydrolysis) is 1. The molecule has 1 aromatic rings. The monoisotopic (exact) mass is 471 g/mol. The van der Waals surface area contributed by atoms with Gasteiger partial charge in [-0.25, -0.2) is 14.4 Å². The lowest BCUT2D eigenvalue weighted by atomic mass is 10.0. The van der Waals surface area contributed by atoms with Gasteiger partial charge in [0.25, 0.3) is 0 Å². The molecule has 3 N–H and O–H groups in total. The molecule has 0 aromatic heterocycles. The van der Waals surface area contributed by atoms with Crippen molar-refractivity contribution < 1.29 is 38.2 Å². The fourth-order valence-electron chi connectivity index (χ4n) is 2.31. The topological polar surface area (TPSA) is 173 Å². The lowest BCUT2D eigenvalue weighted by Crippen LogP contribution is -2.35. The molecule has 0 fully saturated rings. The third-order valence-electron chi connectivity index (χ3n) is 4.06. The second-order valence-corrected chi connectivity index (χ2v) is 7.12. The number of carbonyl (C=O) groups excluding carboxylic acids is 5. The first-order chi connectivity index (χ1) is 16.0. The molecule has 0 aliphatic carbocycles. The number of hydrogen-bond donors (Lipinski definition) is 3. The summed E-state index contributed by atoms with van der Waals surface area (Å²) in [5.74, 6) is -1.44. The molecule has 1 aromatic carbocycles. The summed E-state index contributed by atoms with van der Waals surface area (Å²) in [4.78, 5) is 57.4. The van der Waals surface area contributed by atoms with Gasteiger partial charge in [-0.05, 0) is 37.6 Å². The van der Waals surface area contributed by atoms with Crippen molar-refractivity contribution in [1.29, 1.82) is 10.8 Å². The molecule has 0 aliphatic rings. The van der Waals surface area contributed by atoms with Crippen LogP contribution in [-0.2, 0) is 39.9 Å². The highest BCUT2D eigenvalue weighted by Crippen LogP contribution is 2.12. The number of amides is 1. The summed E-state index contributed by atoms with van der Waals surface area (Å²) in [5.41, 5.74) is 0.188. The first-order valence-electron chi connectivity index (χ1n) is 9.80. The smallest absolute Gasteiger partial charge is 0.407 e.